The van der Waals surface area contributed by atoms with Crippen LogP contribution in [-0.2, 0) is 4.79 Å². The second-order valence-electron chi connectivity index (χ2n) is 3.97. The van der Waals surface area contributed by atoms with Crippen LogP contribution in [0.2, 0.25) is 0 Å². The minimum Gasteiger partial charge on any atom is -0.480 e. The summed E-state index contributed by atoms with van der Waals surface area (Å²) < 4.78 is -0.544. The van der Waals surface area contributed by atoms with E-state index in [0.29, 0.717) is 5.25 Å². The molecule has 0 amide bonds. The maximum absolute atomic E-state index is 11.3. The first-order valence-electron chi connectivity index (χ1n) is 5.39. The van der Waals surface area contributed by atoms with Gasteiger partial charge < -0.3 is 5.11 Å². The van der Waals surface area contributed by atoms with Crippen LogP contribution in [0.4, 0.5) is 0 Å². The van der Waals surface area contributed by atoms with Gasteiger partial charge in [-0.2, -0.15) is 0 Å². The molecular formula is C11H22O2S. The van der Waals surface area contributed by atoms with E-state index in [1.54, 1.807) is 11.8 Å². The fourth-order valence-corrected chi connectivity index (χ4v) is 3.41. The third-order valence-electron chi connectivity index (χ3n) is 2.16. The quantitative estimate of drug-likeness (QED) is 0.710. The third kappa shape index (κ3) is 3.91. The molecule has 0 saturated heterocycles. The minimum atomic E-state index is -0.639. The van der Waals surface area contributed by atoms with Gasteiger partial charge >= 0.3 is 5.97 Å². The highest BCUT2D eigenvalue weighted by Gasteiger charge is 2.37. The van der Waals surface area contributed by atoms with Gasteiger partial charge in [-0.25, -0.2) is 0 Å². The first kappa shape index (κ1) is 13.8. The number of hydrogen-bond acceptors (Lipinski definition) is 2. The summed E-state index contributed by atoms with van der Waals surface area (Å²) in [7, 11) is 0. The molecule has 0 fully saturated rings. The van der Waals surface area contributed by atoms with Crippen molar-refractivity contribution in [2.45, 2.75) is 63.4 Å². The van der Waals surface area contributed by atoms with Crippen LogP contribution in [-0.4, -0.2) is 21.1 Å². The Balaban J connectivity index is 4.64. The van der Waals surface area contributed by atoms with Crippen molar-refractivity contribution in [3.05, 3.63) is 0 Å². The minimum absolute atomic E-state index is 0.379. The largest absolute Gasteiger partial charge is 0.480 e. The van der Waals surface area contributed by atoms with E-state index in [0.717, 1.165) is 25.7 Å². The van der Waals surface area contributed by atoms with Crippen molar-refractivity contribution in [3.63, 3.8) is 0 Å². The molecule has 14 heavy (non-hydrogen) atoms. The van der Waals surface area contributed by atoms with Crippen LogP contribution < -0.4 is 0 Å². The Kier molecular flexibility index (Phi) is 6.25. The first-order valence-corrected chi connectivity index (χ1v) is 6.27. The summed E-state index contributed by atoms with van der Waals surface area (Å²) in [4.78, 5) is 11.3. The number of rotatable bonds is 7. The molecule has 0 spiro atoms. The molecule has 0 aromatic carbocycles. The number of carbonyl (C=O) groups is 1. The Morgan fingerprint density at radius 1 is 1.29 bits per heavy atom. The SMILES string of the molecule is CCCC(CCC)(SC(C)C)C(=O)O. The van der Waals surface area contributed by atoms with E-state index in [1.165, 1.54) is 0 Å². The van der Waals surface area contributed by atoms with Gasteiger partial charge in [-0.15, -0.1) is 11.8 Å². The molecule has 0 heterocycles. The summed E-state index contributed by atoms with van der Waals surface area (Å²) in [5.41, 5.74) is 0. The van der Waals surface area contributed by atoms with Crippen molar-refractivity contribution < 1.29 is 9.90 Å². The molecule has 0 radical (unpaired) electrons. The standard InChI is InChI=1S/C11H22O2S/c1-5-7-11(8-6-2,10(12)13)14-9(3)4/h9H,5-8H2,1-4H3,(H,12,13). The van der Waals surface area contributed by atoms with Crippen molar-refractivity contribution in [2.75, 3.05) is 0 Å². The monoisotopic (exact) mass is 218 g/mol. The zero-order valence-corrected chi connectivity index (χ0v) is 10.5. The van der Waals surface area contributed by atoms with E-state index in [1.807, 2.05) is 13.8 Å². The highest BCUT2D eigenvalue weighted by Crippen LogP contribution is 2.38. The topological polar surface area (TPSA) is 37.3 Å². The Labute approximate surface area is 91.5 Å². The van der Waals surface area contributed by atoms with Crippen molar-refractivity contribution in [1.29, 1.82) is 0 Å². The summed E-state index contributed by atoms with van der Waals surface area (Å²) >= 11 is 1.60. The lowest BCUT2D eigenvalue weighted by molar-refractivity contribution is -0.140. The summed E-state index contributed by atoms with van der Waals surface area (Å²) in [6.07, 6.45) is 3.43. The fourth-order valence-electron chi connectivity index (χ4n) is 1.77. The highest BCUT2D eigenvalue weighted by atomic mass is 32.2. The summed E-state index contributed by atoms with van der Waals surface area (Å²) in [5, 5.41) is 9.69. The molecular weight excluding hydrogens is 196 g/mol. The molecule has 0 aliphatic heterocycles. The van der Waals surface area contributed by atoms with Crippen molar-refractivity contribution in [3.8, 4) is 0 Å². The molecule has 1 N–H and O–H groups in total. The second-order valence-corrected chi connectivity index (χ2v) is 5.93. The van der Waals surface area contributed by atoms with Crippen LogP contribution in [0.15, 0.2) is 0 Å². The molecule has 0 bridgehead atoms. The summed E-state index contributed by atoms with van der Waals surface area (Å²) in [6.45, 7) is 8.23. The van der Waals surface area contributed by atoms with Gasteiger partial charge in [0.1, 0.15) is 4.75 Å². The Morgan fingerprint density at radius 2 is 1.71 bits per heavy atom. The van der Waals surface area contributed by atoms with E-state index in [9.17, 15) is 9.90 Å². The predicted molar refractivity (Wildman–Crippen MR) is 62.9 cm³/mol. The van der Waals surface area contributed by atoms with Crippen LogP contribution in [0.1, 0.15) is 53.4 Å². The van der Waals surface area contributed by atoms with Crippen LogP contribution >= 0.6 is 11.8 Å². The van der Waals surface area contributed by atoms with E-state index >= 15 is 0 Å². The first-order chi connectivity index (χ1) is 6.48. The second kappa shape index (κ2) is 6.33. The predicted octanol–water partition coefficient (Wildman–Crippen LogP) is 3.55. The van der Waals surface area contributed by atoms with Gasteiger partial charge in [0.15, 0.2) is 0 Å². The van der Waals surface area contributed by atoms with Crippen molar-refractivity contribution >= 4 is 17.7 Å². The van der Waals surface area contributed by atoms with Crippen molar-refractivity contribution in [2.24, 2.45) is 0 Å². The lowest BCUT2D eigenvalue weighted by atomic mass is 9.97. The van der Waals surface area contributed by atoms with Gasteiger partial charge in [0.05, 0.1) is 0 Å². The lowest BCUT2D eigenvalue weighted by Crippen LogP contribution is -2.36. The molecule has 0 aromatic heterocycles. The van der Waals surface area contributed by atoms with Gasteiger partial charge in [0.25, 0.3) is 0 Å². The Hall–Kier alpha value is -0.180. The molecule has 0 saturated carbocycles. The summed E-state index contributed by atoms with van der Waals surface area (Å²) in [6, 6.07) is 0. The maximum Gasteiger partial charge on any atom is 0.319 e. The lowest BCUT2D eigenvalue weighted by Gasteiger charge is -2.30. The smallest absolute Gasteiger partial charge is 0.319 e. The molecule has 0 rings (SSSR count). The zero-order chi connectivity index (χ0) is 11.2. The molecule has 0 aromatic rings. The van der Waals surface area contributed by atoms with Crippen LogP contribution in [0.25, 0.3) is 0 Å². The zero-order valence-electron chi connectivity index (χ0n) is 9.67. The highest BCUT2D eigenvalue weighted by molar-refractivity contribution is 8.01. The number of thioether (sulfide) groups is 1. The Bertz CT molecular complexity index is 172. The number of hydrogen-bond donors (Lipinski definition) is 1. The molecule has 0 unspecified atom stereocenters. The number of carboxylic acid groups (broad SMARTS) is 1. The van der Waals surface area contributed by atoms with Crippen LogP contribution in [0.3, 0.4) is 0 Å². The molecule has 0 aliphatic rings. The number of carboxylic acids is 1. The normalized spacial score (nSPS) is 12.1. The van der Waals surface area contributed by atoms with Gasteiger partial charge in [0, 0.05) is 5.25 Å². The van der Waals surface area contributed by atoms with E-state index in [4.69, 9.17) is 0 Å². The Morgan fingerprint density at radius 3 is 1.93 bits per heavy atom. The molecule has 84 valence electrons. The van der Waals surface area contributed by atoms with E-state index in [2.05, 4.69) is 13.8 Å². The fraction of sp³-hybridized carbons (Fsp3) is 0.909. The molecule has 0 aliphatic carbocycles. The maximum atomic E-state index is 11.3. The number of aliphatic carboxylic acids is 1. The third-order valence-corrected chi connectivity index (χ3v) is 3.66. The van der Waals surface area contributed by atoms with Gasteiger partial charge in [0.2, 0.25) is 0 Å². The van der Waals surface area contributed by atoms with E-state index < -0.39 is 10.7 Å². The molecule has 2 nitrogen and oxygen atoms in total. The average molecular weight is 218 g/mol. The van der Waals surface area contributed by atoms with Crippen LogP contribution in [0, 0.1) is 0 Å². The van der Waals surface area contributed by atoms with Gasteiger partial charge in [-0.1, -0.05) is 40.5 Å². The summed E-state index contributed by atoms with van der Waals surface area (Å²) in [5.74, 6) is -0.639. The van der Waals surface area contributed by atoms with Gasteiger partial charge in [-0.3, -0.25) is 4.79 Å². The van der Waals surface area contributed by atoms with Crippen LogP contribution in [0.5, 0.6) is 0 Å². The molecule has 0 atom stereocenters. The molecule has 3 heteroatoms. The van der Waals surface area contributed by atoms with E-state index in [-0.39, 0.29) is 0 Å². The average Bonchev–Trinajstić information content (AvgIpc) is 2.03. The van der Waals surface area contributed by atoms with Crippen molar-refractivity contribution in [1.82, 2.24) is 0 Å². The van der Waals surface area contributed by atoms with Gasteiger partial charge in [-0.05, 0) is 12.8 Å².